The third-order valence-corrected chi connectivity index (χ3v) is 2.67. The van der Waals surface area contributed by atoms with Crippen LogP contribution in [0.5, 0.6) is 0 Å². The molecule has 2 heterocycles. The summed E-state index contributed by atoms with van der Waals surface area (Å²) in [6, 6.07) is 3.16. The Morgan fingerprint density at radius 2 is 2.05 bits per heavy atom. The Balaban J connectivity index is 0.000000297. The minimum Gasteiger partial charge on any atom is -0.450 e. The molecule has 19 heavy (non-hydrogen) atoms. The van der Waals surface area contributed by atoms with Gasteiger partial charge in [0.1, 0.15) is 11.5 Å². The van der Waals surface area contributed by atoms with E-state index in [1.54, 1.807) is 6.20 Å². The lowest BCUT2D eigenvalue weighted by molar-refractivity contribution is 0.137. The molecule has 0 radical (unpaired) electrons. The predicted molar refractivity (Wildman–Crippen MR) is 64.9 cm³/mol. The molecule has 0 unspecified atom stereocenters. The van der Waals surface area contributed by atoms with Gasteiger partial charge < -0.3 is 14.8 Å². The third kappa shape index (κ3) is 3.06. The number of rotatable bonds is 1. The SMILES string of the molecule is O=C(O)O.O=c1ccn(C2CC2)c2ncc(F)cc12. The number of carboxylic acid groups (broad SMARTS) is 2. The molecule has 3 rings (SSSR count). The molecule has 1 saturated carbocycles. The lowest BCUT2D eigenvalue weighted by atomic mass is 10.2. The molecule has 1 aliphatic rings. The average molecular weight is 266 g/mol. The molecule has 0 aliphatic heterocycles. The minimum absolute atomic E-state index is 0.172. The molecule has 0 saturated heterocycles. The fourth-order valence-corrected chi connectivity index (χ4v) is 1.77. The Kier molecular flexibility index (Phi) is 3.46. The van der Waals surface area contributed by atoms with Crippen molar-refractivity contribution in [1.29, 1.82) is 0 Å². The van der Waals surface area contributed by atoms with Crippen molar-refractivity contribution in [1.82, 2.24) is 9.55 Å². The second-order valence-electron chi connectivity index (χ2n) is 4.13. The quantitative estimate of drug-likeness (QED) is 0.824. The lowest BCUT2D eigenvalue weighted by Crippen LogP contribution is -2.08. The molecule has 0 atom stereocenters. The number of carbonyl (C=O) groups is 1. The Bertz CT molecular complexity index is 675. The first-order valence-corrected chi connectivity index (χ1v) is 5.57. The second kappa shape index (κ2) is 5.05. The summed E-state index contributed by atoms with van der Waals surface area (Å²) in [5.41, 5.74) is 0.417. The number of hydrogen-bond donors (Lipinski definition) is 2. The molecule has 1 aliphatic carbocycles. The summed E-state index contributed by atoms with van der Waals surface area (Å²) in [6.07, 6.45) is 3.28. The molecule has 0 amide bonds. The maximum atomic E-state index is 13.0. The van der Waals surface area contributed by atoms with Gasteiger partial charge in [-0.2, -0.15) is 0 Å². The van der Waals surface area contributed by atoms with Crippen LogP contribution in [0.3, 0.4) is 0 Å². The molecule has 0 aromatic carbocycles. The van der Waals surface area contributed by atoms with Crippen molar-refractivity contribution in [3.05, 3.63) is 40.6 Å². The maximum Gasteiger partial charge on any atom is 0.503 e. The van der Waals surface area contributed by atoms with Gasteiger partial charge in [0.05, 0.1) is 11.6 Å². The highest BCUT2D eigenvalue weighted by Gasteiger charge is 2.24. The van der Waals surface area contributed by atoms with E-state index in [-0.39, 0.29) is 5.43 Å². The van der Waals surface area contributed by atoms with Crippen LogP contribution in [-0.4, -0.2) is 25.9 Å². The van der Waals surface area contributed by atoms with Crippen LogP contribution in [0.25, 0.3) is 11.0 Å². The van der Waals surface area contributed by atoms with Crippen molar-refractivity contribution in [2.45, 2.75) is 18.9 Å². The first-order valence-electron chi connectivity index (χ1n) is 5.57. The van der Waals surface area contributed by atoms with Gasteiger partial charge in [0.2, 0.25) is 0 Å². The minimum atomic E-state index is -1.83. The number of pyridine rings is 2. The van der Waals surface area contributed by atoms with Crippen LogP contribution in [0.1, 0.15) is 18.9 Å². The fourth-order valence-electron chi connectivity index (χ4n) is 1.77. The van der Waals surface area contributed by atoms with Gasteiger partial charge in [-0.05, 0) is 18.9 Å². The Morgan fingerprint density at radius 3 is 2.63 bits per heavy atom. The fraction of sp³-hybridized carbons (Fsp3) is 0.250. The van der Waals surface area contributed by atoms with Gasteiger partial charge in [-0.15, -0.1) is 0 Å². The molecular weight excluding hydrogens is 255 g/mol. The number of nitrogens with zero attached hydrogens (tertiary/aromatic N) is 2. The summed E-state index contributed by atoms with van der Waals surface area (Å²) < 4.78 is 14.9. The molecule has 2 aromatic heterocycles. The summed E-state index contributed by atoms with van der Waals surface area (Å²) in [4.78, 5) is 24.1. The third-order valence-electron chi connectivity index (χ3n) is 2.67. The normalized spacial score (nSPS) is 13.7. The molecule has 0 spiro atoms. The number of hydrogen-bond acceptors (Lipinski definition) is 3. The van der Waals surface area contributed by atoms with E-state index < -0.39 is 12.0 Å². The molecule has 100 valence electrons. The van der Waals surface area contributed by atoms with E-state index in [9.17, 15) is 9.18 Å². The van der Waals surface area contributed by atoms with Crippen LogP contribution in [-0.2, 0) is 0 Å². The van der Waals surface area contributed by atoms with Crippen molar-refractivity contribution in [2.24, 2.45) is 0 Å². The van der Waals surface area contributed by atoms with Crippen LogP contribution in [0, 0.1) is 5.82 Å². The monoisotopic (exact) mass is 266 g/mol. The first kappa shape index (κ1) is 13.0. The van der Waals surface area contributed by atoms with Crippen molar-refractivity contribution < 1.29 is 19.4 Å². The highest BCUT2D eigenvalue weighted by molar-refractivity contribution is 5.74. The molecule has 2 N–H and O–H groups in total. The van der Waals surface area contributed by atoms with Crippen LogP contribution >= 0.6 is 0 Å². The molecular formula is C12H11FN2O4. The van der Waals surface area contributed by atoms with Crippen LogP contribution in [0.4, 0.5) is 9.18 Å². The molecule has 7 heteroatoms. The Labute approximate surface area is 106 Å². The standard InChI is InChI=1S/C11H9FN2O.CH2O3/c12-7-5-9-10(15)3-4-14(8-1-2-8)11(9)13-6-7;2-1(3)4/h3-6,8H,1-2H2;(H2,2,3,4). The lowest BCUT2D eigenvalue weighted by Gasteiger charge is -2.07. The highest BCUT2D eigenvalue weighted by Crippen LogP contribution is 2.35. The predicted octanol–water partition coefficient (Wildman–Crippen LogP) is 2.09. The van der Waals surface area contributed by atoms with E-state index in [1.165, 1.54) is 12.1 Å². The summed E-state index contributed by atoms with van der Waals surface area (Å²) in [6.45, 7) is 0. The highest BCUT2D eigenvalue weighted by atomic mass is 19.1. The van der Waals surface area contributed by atoms with E-state index in [4.69, 9.17) is 15.0 Å². The molecule has 0 bridgehead atoms. The van der Waals surface area contributed by atoms with Crippen molar-refractivity contribution in [3.63, 3.8) is 0 Å². The zero-order valence-corrected chi connectivity index (χ0v) is 9.78. The van der Waals surface area contributed by atoms with Crippen LogP contribution in [0.2, 0.25) is 0 Å². The second-order valence-corrected chi connectivity index (χ2v) is 4.13. The van der Waals surface area contributed by atoms with Crippen LogP contribution in [0.15, 0.2) is 29.3 Å². The van der Waals surface area contributed by atoms with E-state index in [1.807, 2.05) is 4.57 Å². The molecule has 6 nitrogen and oxygen atoms in total. The maximum absolute atomic E-state index is 13.0. The number of aromatic nitrogens is 2. The van der Waals surface area contributed by atoms with E-state index in [0.29, 0.717) is 17.1 Å². The summed E-state index contributed by atoms with van der Waals surface area (Å²) >= 11 is 0. The van der Waals surface area contributed by atoms with Crippen molar-refractivity contribution in [3.8, 4) is 0 Å². The zero-order chi connectivity index (χ0) is 14.0. The topological polar surface area (TPSA) is 92.4 Å². The van der Waals surface area contributed by atoms with Crippen molar-refractivity contribution in [2.75, 3.05) is 0 Å². The smallest absolute Gasteiger partial charge is 0.450 e. The Morgan fingerprint density at radius 1 is 1.42 bits per heavy atom. The van der Waals surface area contributed by atoms with Gasteiger partial charge >= 0.3 is 6.16 Å². The van der Waals surface area contributed by atoms with Gasteiger partial charge in [0.15, 0.2) is 5.43 Å². The Hall–Kier alpha value is -2.44. The van der Waals surface area contributed by atoms with E-state index in [0.717, 1.165) is 19.0 Å². The van der Waals surface area contributed by atoms with Gasteiger partial charge in [0, 0.05) is 18.3 Å². The zero-order valence-electron chi connectivity index (χ0n) is 9.78. The molecule has 2 aromatic rings. The summed E-state index contributed by atoms with van der Waals surface area (Å²) in [7, 11) is 0. The van der Waals surface area contributed by atoms with Gasteiger partial charge in [-0.1, -0.05) is 0 Å². The van der Waals surface area contributed by atoms with Gasteiger partial charge in [-0.25, -0.2) is 14.2 Å². The number of halogens is 1. The summed E-state index contributed by atoms with van der Waals surface area (Å²) in [5, 5.41) is 14.3. The van der Waals surface area contributed by atoms with E-state index in [2.05, 4.69) is 4.98 Å². The van der Waals surface area contributed by atoms with Crippen molar-refractivity contribution >= 4 is 17.2 Å². The van der Waals surface area contributed by atoms with Crippen LogP contribution < -0.4 is 5.43 Å². The van der Waals surface area contributed by atoms with Gasteiger partial charge in [-0.3, -0.25) is 4.79 Å². The largest absolute Gasteiger partial charge is 0.503 e. The molecule has 1 fully saturated rings. The average Bonchev–Trinajstić information content (AvgIpc) is 3.13. The van der Waals surface area contributed by atoms with Gasteiger partial charge in [0.25, 0.3) is 0 Å². The van der Waals surface area contributed by atoms with E-state index >= 15 is 0 Å². The number of fused-ring (bicyclic) bond motifs is 1. The first-order chi connectivity index (χ1) is 8.99. The summed E-state index contributed by atoms with van der Waals surface area (Å²) in [5.74, 6) is -0.465.